The highest BCUT2D eigenvalue weighted by Crippen LogP contribution is 2.37. The number of pyridine rings is 2. The molecule has 0 aliphatic carbocycles. The molecule has 0 saturated carbocycles. The predicted molar refractivity (Wildman–Crippen MR) is 128 cm³/mol. The molecule has 0 unspecified atom stereocenters. The Balaban J connectivity index is 1.61. The third kappa shape index (κ3) is 3.81. The molecule has 5 aromatic rings. The van der Waals surface area contributed by atoms with Gasteiger partial charge in [0, 0.05) is 19.3 Å². The standard InChI is InChI=1S/C22H22N10O2/c1-12-8-9-16(23-11-12)25-17-10-15(18-21(26-17)28-31(2)22(18)33)24-14-7-5-6-13(19(14)34-4)20-27-30-32(3)29-20/h5-11H,1-4H3,(H3,23,24,25,26,28). The number of tetrazole rings is 1. The van der Waals surface area contributed by atoms with Crippen LogP contribution in [-0.4, -0.2) is 47.1 Å². The van der Waals surface area contributed by atoms with Gasteiger partial charge in [-0.2, -0.15) is 4.80 Å². The minimum absolute atomic E-state index is 0.212. The topological polar surface area (TPSA) is 140 Å². The zero-order chi connectivity index (χ0) is 23.8. The lowest BCUT2D eigenvalue weighted by atomic mass is 10.1. The molecule has 0 fully saturated rings. The van der Waals surface area contributed by atoms with Crippen molar-refractivity contribution in [2.75, 3.05) is 17.7 Å². The monoisotopic (exact) mass is 458 g/mol. The number of benzene rings is 1. The van der Waals surface area contributed by atoms with Crippen LogP contribution in [0.25, 0.3) is 22.4 Å². The van der Waals surface area contributed by atoms with Crippen molar-refractivity contribution in [1.29, 1.82) is 0 Å². The second-order valence-electron chi connectivity index (χ2n) is 7.71. The lowest BCUT2D eigenvalue weighted by molar-refractivity contribution is 0.418. The van der Waals surface area contributed by atoms with Crippen LogP contribution in [0.15, 0.2) is 47.4 Å². The van der Waals surface area contributed by atoms with Gasteiger partial charge in [-0.05, 0) is 35.9 Å². The summed E-state index contributed by atoms with van der Waals surface area (Å²) >= 11 is 0. The Morgan fingerprint density at radius 2 is 1.91 bits per heavy atom. The van der Waals surface area contributed by atoms with E-state index in [1.807, 2.05) is 37.3 Å². The van der Waals surface area contributed by atoms with Crippen molar-refractivity contribution in [3.63, 3.8) is 0 Å². The van der Waals surface area contributed by atoms with E-state index in [1.165, 1.54) is 9.48 Å². The van der Waals surface area contributed by atoms with Crippen LogP contribution >= 0.6 is 0 Å². The largest absolute Gasteiger partial charge is 0.494 e. The molecular weight excluding hydrogens is 436 g/mol. The van der Waals surface area contributed by atoms with Crippen LogP contribution in [0.4, 0.5) is 23.0 Å². The van der Waals surface area contributed by atoms with Gasteiger partial charge in [0.25, 0.3) is 5.56 Å². The SMILES string of the molecule is COc1c(Nc2cc(Nc3ccc(C)cn3)nc3[nH]n(C)c(=O)c23)cccc1-c1nnn(C)n1. The van der Waals surface area contributed by atoms with Gasteiger partial charge in [-0.15, -0.1) is 10.2 Å². The Hall–Kier alpha value is -4.74. The first kappa shape index (κ1) is 21.1. The first-order valence-electron chi connectivity index (χ1n) is 10.4. The number of aryl methyl sites for hydroxylation is 3. The van der Waals surface area contributed by atoms with E-state index < -0.39 is 0 Å². The van der Waals surface area contributed by atoms with E-state index in [0.717, 1.165) is 5.56 Å². The maximum atomic E-state index is 12.8. The van der Waals surface area contributed by atoms with Gasteiger partial charge in [0.15, 0.2) is 11.4 Å². The van der Waals surface area contributed by atoms with Crippen LogP contribution in [0.5, 0.6) is 5.75 Å². The van der Waals surface area contributed by atoms with Crippen molar-refractivity contribution >= 4 is 34.0 Å². The van der Waals surface area contributed by atoms with Crippen LogP contribution in [0.3, 0.4) is 0 Å². The summed E-state index contributed by atoms with van der Waals surface area (Å²) in [5.74, 6) is 2.09. The van der Waals surface area contributed by atoms with Crippen LogP contribution < -0.4 is 20.9 Å². The summed E-state index contributed by atoms with van der Waals surface area (Å²) in [6, 6.07) is 11.1. The molecule has 0 spiro atoms. The summed E-state index contributed by atoms with van der Waals surface area (Å²) in [6.45, 7) is 1.97. The number of aromatic amines is 1. The smallest absolute Gasteiger partial charge is 0.277 e. The van der Waals surface area contributed by atoms with Crippen LogP contribution in [0.2, 0.25) is 0 Å². The van der Waals surface area contributed by atoms with Crippen molar-refractivity contribution in [2.24, 2.45) is 14.1 Å². The number of ether oxygens (including phenoxy) is 1. The summed E-state index contributed by atoms with van der Waals surface area (Å²) in [4.78, 5) is 23.2. The van der Waals surface area contributed by atoms with E-state index in [-0.39, 0.29) is 5.56 Å². The van der Waals surface area contributed by atoms with E-state index in [9.17, 15) is 4.79 Å². The van der Waals surface area contributed by atoms with Crippen molar-refractivity contribution in [3.8, 4) is 17.1 Å². The van der Waals surface area contributed by atoms with Gasteiger partial charge in [-0.1, -0.05) is 12.1 Å². The lowest BCUT2D eigenvalue weighted by Gasteiger charge is -2.15. The van der Waals surface area contributed by atoms with Gasteiger partial charge in [0.2, 0.25) is 5.82 Å². The van der Waals surface area contributed by atoms with Crippen LogP contribution in [-0.2, 0) is 14.1 Å². The molecule has 3 N–H and O–H groups in total. The Morgan fingerprint density at radius 1 is 1.06 bits per heavy atom. The molecule has 12 nitrogen and oxygen atoms in total. The molecule has 12 heteroatoms. The molecule has 5 rings (SSSR count). The number of nitrogens with zero attached hydrogens (tertiary/aromatic N) is 7. The summed E-state index contributed by atoms with van der Waals surface area (Å²) in [7, 11) is 4.90. The molecule has 0 radical (unpaired) electrons. The summed E-state index contributed by atoms with van der Waals surface area (Å²) in [6.07, 6.45) is 1.77. The fourth-order valence-electron chi connectivity index (χ4n) is 3.62. The van der Waals surface area contributed by atoms with Crippen molar-refractivity contribution in [2.45, 2.75) is 6.92 Å². The van der Waals surface area contributed by atoms with Crippen LogP contribution in [0, 0.1) is 6.92 Å². The number of anilines is 4. The highest BCUT2D eigenvalue weighted by molar-refractivity contribution is 5.94. The molecular formula is C22H22N10O2. The molecule has 0 aliphatic heterocycles. The molecule has 34 heavy (non-hydrogen) atoms. The zero-order valence-electron chi connectivity index (χ0n) is 19.0. The van der Waals surface area contributed by atoms with Crippen molar-refractivity contribution in [1.82, 2.24) is 40.0 Å². The summed E-state index contributed by atoms with van der Waals surface area (Å²) < 4.78 is 7.07. The van der Waals surface area contributed by atoms with E-state index in [1.54, 1.807) is 33.5 Å². The van der Waals surface area contributed by atoms with Gasteiger partial charge in [-0.25, -0.2) is 9.97 Å². The number of hydrogen-bond acceptors (Lipinski definition) is 9. The molecule has 1 aromatic carbocycles. The third-order valence-electron chi connectivity index (χ3n) is 5.22. The quantitative estimate of drug-likeness (QED) is 0.350. The van der Waals surface area contributed by atoms with E-state index in [2.05, 4.69) is 41.1 Å². The van der Waals surface area contributed by atoms with Crippen molar-refractivity contribution in [3.05, 3.63) is 58.5 Å². The Kier molecular flexibility index (Phi) is 5.17. The minimum atomic E-state index is -0.212. The molecule has 0 atom stereocenters. The van der Waals surface area contributed by atoms with E-state index in [4.69, 9.17) is 4.74 Å². The number of hydrogen-bond donors (Lipinski definition) is 3. The molecule has 0 bridgehead atoms. The average molecular weight is 458 g/mol. The zero-order valence-corrected chi connectivity index (χ0v) is 19.0. The number of methoxy groups -OCH3 is 1. The molecule has 0 saturated heterocycles. The third-order valence-corrected chi connectivity index (χ3v) is 5.22. The number of para-hydroxylation sites is 1. The second-order valence-corrected chi connectivity index (χ2v) is 7.71. The molecule has 172 valence electrons. The Bertz CT molecular complexity index is 1550. The number of H-pyrrole nitrogens is 1. The second kappa shape index (κ2) is 8.31. The first-order chi connectivity index (χ1) is 16.4. The normalized spacial score (nSPS) is 11.1. The van der Waals surface area contributed by atoms with E-state index >= 15 is 0 Å². The van der Waals surface area contributed by atoms with Gasteiger partial charge in [0.1, 0.15) is 17.0 Å². The number of fused-ring (bicyclic) bond motifs is 1. The van der Waals surface area contributed by atoms with Crippen molar-refractivity contribution < 1.29 is 4.74 Å². The van der Waals surface area contributed by atoms with Crippen LogP contribution in [0.1, 0.15) is 5.56 Å². The molecule has 4 heterocycles. The summed E-state index contributed by atoms with van der Waals surface area (Å²) in [5, 5.41) is 22.2. The number of aromatic nitrogens is 8. The van der Waals surface area contributed by atoms with Gasteiger partial charge >= 0.3 is 0 Å². The lowest BCUT2D eigenvalue weighted by Crippen LogP contribution is -2.12. The fourth-order valence-corrected chi connectivity index (χ4v) is 3.62. The Labute approximate surface area is 193 Å². The number of nitrogens with one attached hydrogen (secondary N) is 3. The average Bonchev–Trinajstić information content (AvgIpc) is 3.38. The maximum absolute atomic E-state index is 12.8. The fraction of sp³-hybridized carbons (Fsp3) is 0.182. The van der Waals surface area contributed by atoms with Gasteiger partial charge in [-0.3, -0.25) is 14.6 Å². The van der Waals surface area contributed by atoms with E-state index in [0.29, 0.717) is 51.2 Å². The summed E-state index contributed by atoms with van der Waals surface area (Å²) in [5.41, 5.74) is 3.10. The van der Waals surface area contributed by atoms with Gasteiger partial charge in [0.05, 0.1) is 31.1 Å². The highest BCUT2D eigenvalue weighted by Gasteiger charge is 2.18. The molecule has 4 aromatic heterocycles. The number of rotatable bonds is 6. The minimum Gasteiger partial charge on any atom is -0.494 e. The highest BCUT2D eigenvalue weighted by atomic mass is 16.5. The van der Waals surface area contributed by atoms with Gasteiger partial charge < -0.3 is 15.4 Å². The molecule has 0 amide bonds. The Morgan fingerprint density at radius 3 is 2.62 bits per heavy atom. The molecule has 0 aliphatic rings. The first-order valence-corrected chi connectivity index (χ1v) is 10.4. The predicted octanol–water partition coefficient (Wildman–Crippen LogP) is 2.65. The maximum Gasteiger partial charge on any atom is 0.277 e.